The number of nitrogens with zero attached hydrogens (tertiary/aromatic N) is 5. The van der Waals surface area contributed by atoms with Crippen molar-refractivity contribution >= 4 is 44.7 Å². The second kappa shape index (κ2) is 9.67. The van der Waals surface area contributed by atoms with E-state index in [2.05, 4.69) is 40.3 Å². The monoisotopic (exact) mass is 477 g/mol. The van der Waals surface area contributed by atoms with Gasteiger partial charge in [-0.3, -0.25) is 4.72 Å². The number of anilines is 6. The number of pyridine rings is 1. The van der Waals surface area contributed by atoms with E-state index in [9.17, 15) is 8.42 Å². The highest BCUT2D eigenvalue weighted by molar-refractivity contribution is 7.92. The number of aromatic nitrogens is 5. The van der Waals surface area contributed by atoms with Crippen LogP contribution < -0.4 is 21.1 Å². The van der Waals surface area contributed by atoms with Crippen molar-refractivity contribution < 1.29 is 8.42 Å². The van der Waals surface area contributed by atoms with E-state index in [4.69, 9.17) is 5.73 Å². The van der Waals surface area contributed by atoms with Gasteiger partial charge in [-0.2, -0.15) is 4.98 Å². The molecule has 12 heteroatoms. The van der Waals surface area contributed by atoms with Gasteiger partial charge in [0.2, 0.25) is 16.0 Å². The molecule has 0 spiro atoms. The summed E-state index contributed by atoms with van der Waals surface area (Å²) in [7, 11) is -3.42. The lowest BCUT2D eigenvalue weighted by Crippen LogP contribution is -2.15. The van der Waals surface area contributed by atoms with Gasteiger partial charge in [0.25, 0.3) is 0 Å². The first-order chi connectivity index (χ1) is 16.3. The molecule has 0 aliphatic heterocycles. The topological polar surface area (TPSA) is 161 Å². The average Bonchev–Trinajstić information content (AvgIpc) is 2.81. The molecule has 3 aromatic heterocycles. The van der Waals surface area contributed by atoms with E-state index < -0.39 is 10.0 Å². The number of nitrogen functional groups attached to an aromatic ring is 1. The molecule has 0 aliphatic rings. The molecule has 5 N–H and O–H groups in total. The number of hydrogen-bond donors (Lipinski definition) is 4. The zero-order chi connectivity index (χ0) is 24.1. The molecule has 0 saturated heterocycles. The molecular formula is C22H23N9O2S. The lowest BCUT2D eigenvalue weighted by Gasteiger charge is -2.12. The third-order valence-electron chi connectivity index (χ3n) is 4.64. The second-order valence-corrected chi connectivity index (χ2v) is 9.26. The Hall–Kier alpha value is -4.32. The van der Waals surface area contributed by atoms with Gasteiger partial charge in [0.1, 0.15) is 17.3 Å². The van der Waals surface area contributed by atoms with Crippen LogP contribution in [0.2, 0.25) is 0 Å². The fourth-order valence-electron chi connectivity index (χ4n) is 2.94. The molecule has 3 heterocycles. The first-order valence-electron chi connectivity index (χ1n) is 10.4. The van der Waals surface area contributed by atoms with Crippen molar-refractivity contribution in [2.24, 2.45) is 0 Å². The Morgan fingerprint density at radius 2 is 1.68 bits per heavy atom. The zero-order valence-electron chi connectivity index (χ0n) is 18.5. The molecule has 0 fully saturated rings. The molecule has 34 heavy (non-hydrogen) atoms. The van der Waals surface area contributed by atoms with Crippen molar-refractivity contribution in [3.8, 4) is 11.5 Å². The van der Waals surface area contributed by atoms with E-state index in [-0.39, 0.29) is 11.4 Å². The molecule has 0 aliphatic carbocycles. The number of aryl methyl sites for hydroxylation is 1. The summed E-state index contributed by atoms with van der Waals surface area (Å²) in [6.07, 6.45) is 3.24. The Labute approximate surface area is 197 Å². The quantitative estimate of drug-likeness (QED) is 0.277. The number of sulfonamides is 1. The lowest BCUT2D eigenvalue weighted by molar-refractivity contribution is 0.602. The predicted molar refractivity (Wildman–Crippen MR) is 133 cm³/mol. The van der Waals surface area contributed by atoms with Gasteiger partial charge in [-0.15, -0.1) is 0 Å². The van der Waals surface area contributed by atoms with Crippen molar-refractivity contribution in [1.29, 1.82) is 0 Å². The number of rotatable bonds is 8. The van der Waals surface area contributed by atoms with Crippen LogP contribution in [0.1, 0.15) is 12.6 Å². The van der Waals surface area contributed by atoms with E-state index >= 15 is 0 Å². The standard InChI is InChI=1S/C22H23N9O2S/c1-3-34(32,33)31-17-8-7-15(13-16(17)23)27-22-25-12-10-20(30-22)28-19-9-11-24-21(29-19)18-6-4-5-14(2)26-18/h4-13,31H,3,23H2,1-2H3,(H2,24,25,27,28,29,30). The van der Waals surface area contributed by atoms with Gasteiger partial charge in [-0.1, -0.05) is 6.07 Å². The van der Waals surface area contributed by atoms with Crippen molar-refractivity contribution in [1.82, 2.24) is 24.9 Å². The highest BCUT2D eigenvalue weighted by Gasteiger charge is 2.11. The second-order valence-electron chi connectivity index (χ2n) is 7.25. The Morgan fingerprint density at radius 3 is 2.41 bits per heavy atom. The van der Waals surface area contributed by atoms with Crippen LogP contribution in [0.4, 0.5) is 34.6 Å². The van der Waals surface area contributed by atoms with Crippen LogP contribution in [0.15, 0.2) is 60.9 Å². The van der Waals surface area contributed by atoms with Gasteiger partial charge in [0, 0.05) is 23.8 Å². The molecule has 4 rings (SSSR count). The molecule has 0 saturated carbocycles. The summed E-state index contributed by atoms with van der Waals surface area (Å²) in [5.74, 6) is 1.83. The minimum absolute atomic E-state index is 0.0462. The zero-order valence-corrected chi connectivity index (χ0v) is 19.3. The number of hydrogen-bond acceptors (Lipinski definition) is 10. The maximum Gasteiger partial charge on any atom is 0.232 e. The molecule has 0 radical (unpaired) electrons. The maximum atomic E-state index is 11.8. The van der Waals surface area contributed by atoms with E-state index in [1.54, 1.807) is 49.6 Å². The summed E-state index contributed by atoms with van der Waals surface area (Å²) in [6, 6.07) is 14.0. The van der Waals surface area contributed by atoms with E-state index in [1.165, 1.54) is 0 Å². The minimum Gasteiger partial charge on any atom is -0.397 e. The highest BCUT2D eigenvalue weighted by atomic mass is 32.2. The Bertz CT molecular complexity index is 1430. The molecule has 0 amide bonds. The fraction of sp³-hybridized carbons (Fsp3) is 0.136. The normalized spacial score (nSPS) is 11.1. The van der Waals surface area contributed by atoms with Crippen LogP contribution >= 0.6 is 0 Å². The summed E-state index contributed by atoms with van der Waals surface area (Å²) in [6.45, 7) is 3.46. The van der Waals surface area contributed by atoms with E-state index in [0.717, 1.165) is 5.69 Å². The summed E-state index contributed by atoms with van der Waals surface area (Å²) < 4.78 is 26.0. The molecule has 174 valence electrons. The first kappa shape index (κ1) is 22.9. The van der Waals surface area contributed by atoms with Crippen molar-refractivity contribution in [3.63, 3.8) is 0 Å². The van der Waals surface area contributed by atoms with Gasteiger partial charge in [-0.05, 0) is 56.3 Å². The average molecular weight is 478 g/mol. The summed E-state index contributed by atoms with van der Waals surface area (Å²) in [5, 5.41) is 6.19. The molecule has 11 nitrogen and oxygen atoms in total. The summed E-state index contributed by atoms with van der Waals surface area (Å²) >= 11 is 0. The highest BCUT2D eigenvalue weighted by Crippen LogP contribution is 2.26. The van der Waals surface area contributed by atoms with Crippen LogP contribution in [0, 0.1) is 6.92 Å². The smallest absolute Gasteiger partial charge is 0.232 e. The lowest BCUT2D eigenvalue weighted by atomic mass is 10.2. The molecule has 0 bridgehead atoms. The Kier molecular flexibility index (Phi) is 6.50. The van der Waals surface area contributed by atoms with Gasteiger partial charge in [0.15, 0.2) is 5.82 Å². The van der Waals surface area contributed by atoms with Crippen LogP contribution in [0.25, 0.3) is 11.5 Å². The van der Waals surface area contributed by atoms with E-state index in [0.29, 0.717) is 40.5 Å². The summed E-state index contributed by atoms with van der Waals surface area (Å²) in [5.41, 5.74) is 8.74. The molecule has 0 atom stereocenters. The number of benzene rings is 1. The van der Waals surface area contributed by atoms with Crippen LogP contribution in [-0.2, 0) is 10.0 Å². The number of nitrogens with two attached hydrogens (primary N) is 1. The van der Waals surface area contributed by atoms with Crippen LogP contribution in [-0.4, -0.2) is 39.1 Å². The largest absolute Gasteiger partial charge is 0.397 e. The van der Waals surface area contributed by atoms with Crippen molar-refractivity contribution in [2.45, 2.75) is 13.8 Å². The Morgan fingerprint density at radius 1 is 0.912 bits per heavy atom. The van der Waals surface area contributed by atoms with Gasteiger partial charge < -0.3 is 16.4 Å². The molecule has 0 unspecified atom stereocenters. The van der Waals surface area contributed by atoms with Crippen LogP contribution in [0.5, 0.6) is 0 Å². The fourth-order valence-corrected chi connectivity index (χ4v) is 3.61. The molecular weight excluding hydrogens is 454 g/mol. The minimum atomic E-state index is -3.42. The van der Waals surface area contributed by atoms with Gasteiger partial charge >= 0.3 is 0 Å². The molecule has 1 aromatic carbocycles. The third kappa shape index (κ3) is 5.72. The van der Waals surface area contributed by atoms with E-state index in [1.807, 2.05) is 25.1 Å². The van der Waals surface area contributed by atoms with Gasteiger partial charge in [-0.25, -0.2) is 28.4 Å². The first-order valence-corrected chi connectivity index (χ1v) is 12.0. The number of nitrogens with one attached hydrogen (secondary N) is 3. The molecule has 4 aromatic rings. The Balaban J connectivity index is 1.49. The predicted octanol–water partition coefficient (Wildman–Crippen LogP) is 3.47. The van der Waals surface area contributed by atoms with Crippen molar-refractivity contribution in [3.05, 3.63) is 66.6 Å². The van der Waals surface area contributed by atoms with Crippen LogP contribution in [0.3, 0.4) is 0 Å². The third-order valence-corrected chi connectivity index (χ3v) is 5.93. The maximum absolute atomic E-state index is 11.8. The SMILES string of the molecule is CCS(=O)(=O)Nc1ccc(Nc2nccc(Nc3ccnc(-c4cccc(C)n4)n3)n2)cc1N. The van der Waals surface area contributed by atoms with Crippen molar-refractivity contribution in [2.75, 3.05) is 26.8 Å². The van der Waals surface area contributed by atoms with Gasteiger partial charge in [0.05, 0.1) is 17.1 Å². The summed E-state index contributed by atoms with van der Waals surface area (Å²) in [4.78, 5) is 21.9.